The molecule has 0 aliphatic carbocycles. The summed E-state index contributed by atoms with van der Waals surface area (Å²) in [6, 6.07) is 4.69. The number of hydrogen-bond donors (Lipinski definition) is 2. The Morgan fingerprint density at radius 3 is 2.75 bits per heavy atom. The van der Waals surface area contributed by atoms with E-state index in [-0.39, 0.29) is 18.0 Å². The Bertz CT molecular complexity index is 702. The summed E-state index contributed by atoms with van der Waals surface area (Å²) in [7, 11) is -3.67. The molecule has 0 spiro atoms. The van der Waals surface area contributed by atoms with E-state index in [0.29, 0.717) is 17.2 Å². The predicted octanol–water partition coefficient (Wildman–Crippen LogP) is 0.117. The van der Waals surface area contributed by atoms with Gasteiger partial charge in [0.05, 0.1) is 17.9 Å². The summed E-state index contributed by atoms with van der Waals surface area (Å²) in [5.41, 5.74) is 6.43. The highest BCUT2D eigenvalue weighted by Gasteiger charge is 2.18. The molecule has 2 rings (SSSR count). The Morgan fingerprint density at radius 2 is 2.05 bits per heavy atom. The Morgan fingerprint density at radius 1 is 1.25 bits per heavy atom. The van der Waals surface area contributed by atoms with Crippen LogP contribution in [-0.2, 0) is 23.1 Å². The molecule has 0 atom stereocenters. The third kappa shape index (κ3) is 3.35. The van der Waals surface area contributed by atoms with Crippen molar-refractivity contribution in [3.8, 4) is 0 Å². The summed E-state index contributed by atoms with van der Waals surface area (Å²) < 4.78 is 26.9. The zero-order valence-electron chi connectivity index (χ0n) is 10.9. The largest absolute Gasteiger partial charge is 0.325 e. The van der Waals surface area contributed by atoms with Gasteiger partial charge < -0.3 is 5.73 Å². The maximum absolute atomic E-state index is 12.2. The molecule has 3 N–H and O–H groups in total. The zero-order valence-corrected chi connectivity index (χ0v) is 11.8. The number of aryl methyl sites for hydroxylation is 1. The molecule has 0 aliphatic rings. The highest BCUT2D eigenvalue weighted by molar-refractivity contribution is 7.89. The van der Waals surface area contributed by atoms with E-state index in [1.165, 1.54) is 12.3 Å². The van der Waals surface area contributed by atoms with Crippen molar-refractivity contribution in [2.75, 3.05) is 0 Å². The minimum atomic E-state index is -3.67. The first-order valence-electron chi connectivity index (χ1n) is 5.95. The van der Waals surface area contributed by atoms with Gasteiger partial charge in [-0.1, -0.05) is 0 Å². The van der Waals surface area contributed by atoms with E-state index in [1.54, 1.807) is 25.3 Å². The number of nitrogens with two attached hydrogens (primary N) is 1. The SMILES string of the molecule is Cc1nccc(CNS(=O)(=O)c2cccnc2CN)n1. The molecule has 2 aromatic rings. The van der Waals surface area contributed by atoms with Crippen molar-refractivity contribution in [1.29, 1.82) is 0 Å². The van der Waals surface area contributed by atoms with Crippen LogP contribution in [-0.4, -0.2) is 23.4 Å². The Balaban J connectivity index is 2.19. The molecule has 0 bridgehead atoms. The molecule has 2 aromatic heterocycles. The van der Waals surface area contributed by atoms with E-state index in [9.17, 15) is 8.42 Å². The van der Waals surface area contributed by atoms with Crippen LogP contribution in [0.2, 0.25) is 0 Å². The van der Waals surface area contributed by atoms with Crippen molar-refractivity contribution in [1.82, 2.24) is 19.7 Å². The Labute approximate surface area is 117 Å². The van der Waals surface area contributed by atoms with Gasteiger partial charge in [-0.15, -0.1) is 0 Å². The molecule has 7 nitrogen and oxygen atoms in total. The number of hydrogen-bond acceptors (Lipinski definition) is 6. The minimum Gasteiger partial charge on any atom is -0.325 e. The topological polar surface area (TPSA) is 111 Å². The van der Waals surface area contributed by atoms with Gasteiger partial charge in [-0.25, -0.2) is 23.1 Å². The van der Waals surface area contributed by atoms with Gasteiger partial charge in [0, 0.05) is 18.9 Å². The molecule has 0 unspecified atom stereocenters. The van der Waals surface area contributed by atoms with Crippen LogP contribution in [0.5, 0.6) is 0 Å². The number of pyridine rings is 1. The van der Waals surface area contributed by atoms with Crippen LogP contribution in [0.4, 0.5) is 0 Å². The fourth-order valence-corrected chi connectivity index (χ4v) is 2.87. The van der Waals surface area contributed by atoms with Crippen LogP contribution in [0.1, 0.15) is 17.2 Å². The number of sulfonamides is 1. The van der Waals surface area contributed by atoms with Crippen LogP contribution in [0.15, 0.2) is 35.5 Å². The first kappa shape index (κ1) is 14.5. The van der Waals surface area contributed by atoms with Crippen molar-refractivity contribution in [2.45, 2.75) is 24.9 Å². The van der Waals surface area contributed by atoms with Gasteiger partial charge in [-0.3, -0.25) is 4.98 Å². The molecule has 8 heteroatoms. The molecule has 0 aliphatic heterocycles. The molecule has 0 amide bonds. The van der Waals surface area contributed by atoms with Crippen LogP contribution in [0, 0.1) is 6.92 Å². The van der Waals surface area contributed by atoms with Crippen LogP contribution >= 0.6 is 0 Å². The van der Waals surface area contributed by atoms with Gasteiger partial charge in [0.25, 0.3) is 0 Å². The lowest BCUT2D eigenvalue weighted by Crippen LogP contribution is -2.25. The van der Waals surface area contributed by atoms with Crippen molar-refractivity contribution in [3.05, 3.63) is 47.8 Å². The fraction of sp³-hybridized carbons (Fsp3) is 0.250. The standard InChI is InChI=1S/C12H15N5O2S/c1-9-14-6-4-10(17-9)8-16-20(18,19)12-3-2-5-15-11(12)7-13/h2-6,16H,7-8,13H2,1H3. The zero-order chi connectivity index (χ0) is 14.6. The first-order valence-corrected chi connectivity index (χ1v) is 7.43. The average Bonchev–Trinajstić information content (AvgIpc) is 2.45. The molecule has 0 radical (unpaired) electrons. The Kier molecular flexibility index (Phi) is 4.38. The van der Waals surface area contributed by atoms with Crippen molar-refractivity contribution in [2.24, 2.45) is 5.73 Å². The van der Waals surface area contributed by atoms with E-state index < -0.39 is 10.0 Å². The lowest BCUT2D eigenvalue weighted by Gasteiger charge is -2.09. The lowest BCUT2D eigenvalue weighted by atomic mass is 10.3. The van der Waals surface area contributed by atoms with E-state index in [2.05, 4.69) is 19.7 Å². The number of nitrogens with one attached hydrogen (secondary N) is 1. The molecule has 0 fully saturated rings. The van der Waals surface area contributed by atoms with Gasteiger partial charge in [0.15, 0.2) is 0 Å². The normalized spacial score (nSPS) is 11.5. The summed E-state index contributed by atoms with van der Waals surface area (Å²) in [6.45, 7) is 1.89. The van der Waals surface area contributed by atoms with Gasteiger partial charge in [-0.2, -0.15) is 0 Å². The monoisotopic (exact) mass is 293 g/mol. The summed E-state index contributed by atoms with van der Waals surface area (Å²) in [5, 5.41) is 0. The van der Waals surface area contributed by atoms with Gasteiger partial charge in [-0.05, 0) is 25.1 Å². The maximum Gasteiger partial charge on any atom is 0.242 e. The van der Waals surface area contributed by atoms with Crippen molar-refractivity contribution < 1.29 is 8.42 Å². The van der Waals surface area contributed by atoms with Crippen LogP contribution in [0.3, 0.4) is 0 Å². The number of nitrogens with zero attached hydrogens (tertiary/aromatic N) is 3. The maximum atomic E-state index is 12.2. The number of rotatable bonds is 5. The number of aromatic nitrogens is 3. The minimum absolute atomic E-state index is 0.0592. The quantitative estimate of drug-likeness (QED) is 0.810. The second kappa shape index (κ2) is 6.04. The smallest absolute Gasteiger partial charge is 0.242 e. The first-order chi connectivity index (χ1) is 9.53. The van der Waals surface area contributed by atoms with Gasteiger partial charge >= 0.3 is 0 Å². The van der Waals surface area contributed by atoms with Gasteiger partial charge in [0.2, 0.25) is 10.0 Å². The Hall–Kier alpha value is -1.90. The fourth-order valence-electron chi connectivity index (χ4n) is 1.67. The van der Waals surface area contributed by atoms with Crippen LogP contribution in [0.25, 0.3) is 0 Å². The van der Waals surface area contributed by atoms with E-state index in [1.807, 2.05) is 0 Å². The molecule has 2 heterocycles. The van der Waals surface area contributed by atoms with Crippen LogP contribution < -0.4 is 10.5 Å². The van der Waals surface area contributed by atoms with E-state index in [0.717, 1.165) is 0 Å². The third-order valence-corrected chi connectivity index (χ3v) is 4.08. The predicted molar refractivity (Wildman–Crippen MR) is 72.9 cm³/mol. The van der Waals surface area contributed by atoms with Gasteiger partial charge in [0.1, 0.15) is 10.7 Å². The molecule has 0 aromatic carbocycles. The third-order valence-electron chi connectivity index (χ3n) is 2.61. The molecular weight excluding hydrogens is 278 g/mol. The van der Waals surface area contributed by atoms with E-state index in [4.69, 9.17) is 5.73 Å². The molecule has 106 valence electrons. The summed E-state index contributed by atoms with van der Waals surface area (Å²) in [4.78, 5) is 12.1. The second-order valence-corrected chi connectivity index (χ2v) is 5.81. The summed E-state index contributed by atoms with van der Waals surface area (Å²) in [5.74, 6) is 0.589. The molecule has 0 saturated carbocycles. The van der Waals surface area contributed by atoms with Crippen molar-refractivity contribution >= 4 is 10.0 Å². The second-order valence-electron chi connectivity index (χ2n) is 4.07. The average molecular weight is 293 g/mol. The summed E-state index contributed by atoms with van der Waals surface area (Å²) in [6.07, 6.45) is 3.09. The molecule has 20 heavy (non-hydrogen) atoms. The highest BCUT2D eigenvalue weighted by atomic mass is 32.2. The molecule has 0 saturated heterocycles. The van der Waals surface area contributed by atoms with E-state index >= 15 is 0 Å². The van der Waals surface area contributed by atoms with Crippen molar-refractivity contribution in [3.63, 3.8) is 0 Å². The lowest BCUT2D eigenvalue weighted by molar-refractivity contribution is 0.578. The highest BCUT2D eigenvalue weighted by Crippen LogP contribution is 2.12. The summed E-state index contributed by atoms with van der Waals surface area (Å²) >= 11 is 0. The molecular formula is C12H15N5O2S.